The van der Waals surface area contributed by atoms with Crippen molar-refractivity contribution in [3.05, 3.63) is 73.8 Å². The minimum absolute atomic E-state index is 0.0719. The van der Waals surface area contributed by atoms with Gasteiger partial charge < -0.3 is 18.8 Å². The van der Waals surface area contributed by atoms with E-state index in [1.54, 1.807) is 58.9 Å². The van der Waals surface area contributed by atoms with Gasteiger partial charge in [0.2, 0.25) is 11.8 Å². The van der Waals surface area contributed by atoms with Crippen LogP contribution in [0.2, 0.25) is 0 Å². The summed E-state index contributed by atoms with van der Waals surface area (Å²) in [5.41, 5.74) is 2.85. The van der Waals surface area contributed by atoms with Crippen LogP contribution in [0.3, 0.4) is 0 Å². The molecule has 0 atom stereocenters. The van der Waals surface area contributed by atoms with Gasteiger partial charge >= 0.3 is 0 Å². The summed E-state index contributed by atoms with van der Waals surface area (Å²) in [5, 5.41) is 1.60. The Hall–Kier alpha value is -3.76. The molecule has 0 N–H and O–H groups in total. The highest BCUT2D eigenvalue weighted by atomic mass is 32.1. The van der Waals surface area contributed by atoms with E-state index in [-0.39, 0.29) is 17.4 Å². The number of thiazole rings is 1. The topological polar surface area (TPSA) is 91.9 Å². The van der Waals surface area contributed by atoms with Crippen molar-refractivity contribution in [3.8, 4) is 0 Å². The van der Waals surface area contributed by atoms with Crippen molar-refractivity contribution in [1.29, 1.82) is 0 Å². The molecule has 2 amide bonds. The van der Waals surface area contributed by atoms with E-state index in [1.165, 1.54) is 4.88 Å². The van der Waals surface area contributed by atoms with Crippen LogP contribution in [0.25, 0.3) is 11.0 Å². The summed E-state index contributed by atoms with van der Waals surface area (Å²) >= 11 is 1.68. The molecule has 3 aromatic heterocycles. The van der Waals surface area contributed by atoms with E-state index in [1.807, 2.05) is 45.0 Å². The molecule has 4 aromatic rings. The van der Waals surface area contributed by atoms with Crippen molar-refractivity contribution in [1.82, 2.24) is 14.5 Å². The maximum atomic E-state index is 13.3. The Morgan fingerprint density at radius 2 is 1.76 bits per heavy atom. The lowest BCUT2D eigenvalue weighted by Gasteiger charge is -2.27. The zero-order valence-electron chi connectivity index (χ0n) is 24.8. The standard InChI is InChI=1S/C31H37N5O4S/c1-8-36-24-10-9-22(16-25(24)33(7)29(38)31(5,6)30(36)39)17-34(18-27-32-20(3)21(4)41-27)13-14-35-12-11-26-23(28(35)37)15-19(2)40-26/h9-12,15-16H,8,13-14,17-18H2,1-7H3. The second kappa shape index (κ2) is 10.9. The predicted octanol–water partition coefficient (Wildman–Crippen LogP) is 5.03. The first-order valence-corrected chi connectivity index (χ1v) is 14.7. The molecule has 10 heteroatoms. The number of hydrogen-bond donors (Lipinski definition) is 0. The maximum absolute atomic E-state index is 13.3. The first-order valence-electron chi connectivity index (χ1n) is 13.9. The minimum atomic E-state index is -1.15. The summed E-state index contributed by atoms with van der Waals surface area (Å²) in [6.45, 7) is 14.0. The van der Waals surface area contributed by atoms with Gasteiger partial charge in [-0.05, 0) is 71.4 Å². The fourth-order valence-corrected chi connectivity index (χ4v) is 6.42. The third kappa shape index (κ3) is 5.34. The smallest absolute Gasteiger partial charge is 0.261 e. The highest BCUT2D eigenvalue weighted by Gasteiger charge is 2.45. The van der Waals surface area contributed by atoms with Crippen molar-refractivity contribution in [2.75, 3.05) is 29.9 Å². The average Bonchev–Trinajstić information content (AvgIpc) is 3.46. The van der Waals surface area contributed by atoms with Crippen LogP contribution in [0.4, 0.5) is 11.4 Å². The molecule has 1 aliphatic heterocycles. The van der Waals surface area contributed by atoms with Crippen LogP contribution in [0.1, 0.15) is 47.7 Å². The Balaban J connectivity index is 1.46. The molecular formula is C31H37N5O4S. The fourth-order valence-electron chi connectivity index (χ4n) is 5.44. The van der Waals surface area contributed by atoms with Gasteiger partial charge in [-0.15, -0.1) is 11.3 Å². The fraction of sp³-hybridized carbons (Fsp3) is 0.419. The predicted molar refractivity (Wildman–Crippen MR) is 163 cm³/mol. The van der Waals surface area contributed by atoms with Gasteiger partial charge in [0.25, 0.3) is 5.56 Å². The van der Waals surface area contributed by atoms with Crippen LogP contribution in [0, 0.1) is 26.2 Å². The van der Waals surface area contributed by atoms with Crippen LogP contribution in [0.15, 0.2) is 45.7 Å². The molecule has 41 heavy (non-hydrogen) atoms. The third-order valence-electron chi connectivity index (χ3n) is 7.90. The second-order valence-electron chi connectivity index (χ2n) is 11.3. The Morgan fingerprint density at radius 1 is 1.00 bits per heavy atom. The Morgan fingerprint density at radius 3 is 2.44 bits per heavy atom. The second-order valence-corrected chi connectivity index (χ2v) is 12.6. The summed E-state index contributed by atoms with van der Waals surface area (Å²) in [6, 6.07) is 9.58. The highest BCUT2D eigenvalue weighted by Crippen LogP contribution is 2.39. The summed E-state index contributed by atoms with van der Waals surface area (Å²) in [4.78, 5) is 51.2. The van der Waals surface area contributed by atoms with E-state index >= 15 is 0 Å². The lowest BCUT2D eigenvalue weighted by Crippen LogP contribution is -2.47. The first-order chi connectivity index (χ1) is 19.4. The number of furan rings is 1. The number of carbonyl (C=O) groups is 2. The zero-order valence-corrected chi connectivity index (χ0v) is 25.6. The number of benzene rings is 1. The normalized spacial score (nSPS) is 15.2. The molecule has 0 saturated heterocycles. The molecule has 5 rings (SSSR count). The molecule has 0 unspecified atom stereocenters. The summed E-state index contributed by atoms with van der Waals surface area (Å²) in [5.74, 6) is 0.283. The van der Waals surface area contributed by atoms with Crippen molar-refractivity contribution in [2.24, 2.45) is 5.41 Å². The van der Waals surface area contributed by atoms with Gasteiger partial charge in [-0.2, -0.15) is 0 Å². The van der Waals surface area contributed by atoms with Crippen molar-refractivity contribution < 1.29 is 14.0 Å². The highest BCUT2D eigenvalue weighted by molar-refractivity contribution is 7.11. The van der Waals surface area contributed by atoms with Crippen molar-refractivity contribution >= 4 is 45.5 Å². The number of carbonyl (C=O) groups excluding carboxylic acids is 2. The molecule has 0 bridgehead atoms. The number of aromatic nitrogens is 2. The van der Waals surface area contributed by atoms with Gasteiger partial charge in [0.05, 0.1) is 29.0 Å². The van der Waals surface area contributed by atoms with E-state index in [4.69, 9.17) is 9.40 Å². The van der Waals surface area contributed by atoms with E-state index in [2.05, 4.69) is 11.8 Å². The molecule has 0 spiro atoms. The third-order valence-corrected chi connectivity index (χ3v) is 8.96. The Bertz CT molecular complexity index is 1680. The van der Waals surface area contributed by atoms with Crippen LogP contribution in [0.5, 0.6) is 0 Å². The van der Waals surface area contributed by atoms with E-state index in [0.29, 0.717) is 55.1 Å². The summed E-state index contributed by atoms with van der Waals surface area (Å²) in [6.07, 6.45) is 1.78. The molecular weight excluding hydrogens is 538 g/mol. The SMILES string of the molecule is CCN1C(=O)C(C)(C)C(=O)N(C)c2cc(CN(CCn3ccc4oc(C)cc4c3=O)Cc3nc(C)c(C)s3)ccc21. The molecule has 1 aromatic carbocycles. The lowest BCUT2D eigenvalue weighted by atomic mass is 9.90. The van der Waals surface area contributed by atoms with Crippen LogP contribution in [-0.4, -0.2) is 46.4 Å². The van der Waals surface area contributed by atoms with Crippen molar-refractivity contribution in [3.63, 3.8) is 0 Å². The number of pyridine rings is 1. The van der Waals surface area contributed by atoms with E-state index < -0.39 is 5.41 Å². The number of anilines is 2. The quantitative estimate of drug-likeness (QED) is 0.274. The molecule has 0 aliphatic carbocycles. The number of fused-ring (bicyclic) bond motifs is 2. The number of hydrogen-bond acceptors (Lipinski definition) is 7. The molecule has 9 nitrogen and oxygen atoms in total. The lowest BCUT2D eigenvalue weighted by molar-refractivity contribution is -0.137. The molecule has 216 valence electrons. The number of nitrogens with zero attached hydrogens (tertiary/aromatic N) is 5. The van der Waals surface area contributed by atoms with Crippen LogP contribution >= 0.6 is 11.3 Å². The minimum Gasteiger partial charge on any atom is -0.461 e. The van der Waals surface area contributed by atoms with Crippen molar-refractivity contribution in [2.45, 2.75) is 61.2 Å². The van der Waals surface area contributed by atoms with Crippen LogP contribution in [-0.2, 0) is 29.2 Å². The van der Waals surface area contributed by atoms with E-state index in [9.17, 15) is 14.4 Å². The van der Waals surface area contributed by atoms with Gasteiger partial charge in [-0.1, -0.05) is 6.07 Å². The monoisotopic (exact) mass is 575 g/mol. The molecule has 0 fully saturated rings. The summed E-state index contributed by atoms with van der Waals surface area (Å²) < 4.78 is 7.34. The van der Waals surface area contributed by atoms with Crippen LogP contribution < -0.4 is 15.4 Å². The molecule has 4 heterocycles. The number of aryl methyl sites for hydroxylation is 3. The maximum Gasteiger partial charge on any atom is 0.261 e. The summed E-state index contributed by atoms with van der Waals surface area (Å²) in [7, 11) is 1.73. The first kappa shape index (κ1) is 28.8. The van der Waals surface area contributed by atoms with Gasteiger partial charge in [0.15, 0.2) is 0 Å². The molecule has 0 saturated carbocycles. The Kier molecular flexibility index (Phi) is 7.65. The van der Waals surface area contributed by atoms with Gasteiger partial charge in [-0.3, -0.25) is 19.3 Å². The van der Waals surface area contributed by atoms with Gasteiger partial charge in [0.1, 0.15) is 21.8 Å². The van der Waals surface area contributed by atoms with Gasteiger partial charge in [-0.25, -0.2) is 4.98 Å². The van der Waals surface area contributed by atoms with E-state index in [0.717, 1.165) is 22.0 Å². The Labute approximate surface area is 244 Å². The number of amides is 2. The largest absolute Gasteiger partial charge is 0.461 e. The zero-order chi connectivity index (χ0) is 29.6. The average molecular weight is 576 g/mol. The molecule has 1 aliphatic rings. The number of rotatable bonds is 8. The van der Waals surface area contributed by atoms with Gasteiger partial charge in [0, 0.05) is 44.3 Å². The molecule has 0 radical (unpaired) electrons.